The van der Waals surface area contributed by atoms with Crippen LogP contribution in [0.15, 0.2) is 128 Å². The fourth-order valence-corrected chi connectivity index (χ4v) is 4.91. The van der Waals surface area contributed by atoms with E-state index in [-0.39, 0.29) is 0 Å². The number of anilines is 3. The zero-order chi connectivity index (χ0) is 23.9. The summed E-state index contributed by atoms with van der Waals surface area (Å²) in [6.45, 7) is 0. The zero-order valence-corrected chi connectivity index (χ0v) is 19.4. The van der Waals surface area contributed by atoms with E-state index in [1.165, 1.54) is 0 Å². The quantitative estimate of drug-likeness (QED) is 0.270. The van der Waals surface area contributed by atoms with E-state index < -0.39 is 0 Å². The highest BCUT2D eigenvalue weighted by molar-refractivity contribution is 6.11. The van der Waals surface area contributed by atoms with Gasteiger partial charge in [0.05, 0.1) is 16.6 Å². The van der Waals surface area contributed by atoms with E-state index in [0.717, 1.165) is 55.7 Å². The van der Waals surface area contributed by atoms with Crippen LogP contribution in [0, 0.1) is 0 Å². The average molecular weight is 464 g/mol. The first kappa shape index (κ1) is 20.4. The molecule has 0 fully saturated rings. The van der Waals surface area contributed by atoms with Crippen LogP contribution in [-0.2, 0) is 0 Å². The normalized spacial score (nSPS) is 11.3. The molecule has 0 aliphatic rings. The minimum absolute atomic E-state index is 0.743. The number of para-hydroxylation sites is 2. The van der Waals surface area contributed by atoms with Crippen LogP contribution in [0.3, 0.4) is 0 Å². The van der Waals surface area contributed by atoms with Gasteiger partial charge >= 0.3 is 0 Å². The highest BCUT2D eigenvalue weighted by Crippen LogP contribution is 2.39. The van der Waals surface area contributed by atoms with Gasteiger partial charge in [-0.1, -0.05) is 36.4 Å². The average Bonchev–Trinajstić information content (AvgIpc) is 3.26. The van der Waals surface area contributed by atoms with E-state index >= 15 is 0 Å². The summed E-state index contributed by atoms with van der Waals surface area (Å²) in [7, 11) is 0. The van der Waals surface area contributed by atoms with Gasteiger partial charge in [0, 0.05) is 52.1 Å². The summed E-state index contributed by atoms with van der Waals surface area (Å²) in [5.41, 5.74) is 8.11. The molecule has 0 amide bonds. The van der Waals surface area contributed by atoms with E-state index in [0.29, 0.717) is 0 Å². The molecule has 0 N–H and O–H groups in total. The molecule has 0 saturated heterocycles. The molecule has 7 aromatic rings. The topological polar surface area (TPSA) is 46.8 Å². The first-order valence-electron chi connectivity index (χ1n) is 11.9. The highest BCUT2D eigenvalue weighted by Gasteiger charge is 2.18. The van der Waals surface area contributed by atoms with Gasteiger partial charge in [-0.25, -0.2) is 9.97 Å². The molecule has 5 nitrogen and oxygen atoms in total. The van der Waals surface area contributed by atoms with Gasteiger partial charge in [-0.2, -0.15) is 0 Å². The monoisotopic (exact) mass is 463 g/mol. The number of fused-ring (bicyclic) bond motifs is 4. The molecule has 0 bridgehead atoms. The van der Waals surface area contributed by atoms with Gasteiger partial charge in [0.25, 0.3) is 0 Å². The van der Waals surface area contributed by atoms with Crippen molar-refractivity contribution in [1.29, 1.82) is 0 Å². The van der Waals surface area contributed by atoms with Gasteiger partial charge in [-0.15, -0.1) is 0 Å². The lowest BCUT2D eigenvalue weighted by Gasteiger charge is -2.25. The summed E-state index contributed by atoms with van der Waals surface area (Å²) in [5.74, 6) is 0. The van der Waals surface area contributed by atoms with Crippen molar-refractivity contribution in [1.82, 2.24) is 19.5 Å². The molecule has 170 valence electrons. The van der Waals surface area contributed by atoms with Crippen molar-refractivity contribution in [2.24, 2.45) is 0 Å². The zero-order valence-electron chi connectivity index (χ0n) is 19.4. The molecule has 7 rings (SSSR count). The minimum atomic E-state index is 0.743. The summed E-state index contributed by atoms with van der Waals surface area (Å²) in [4.78, 5) is 16.1. The predicted octanol–water partition coefficient (Wildman–Crippen LogP) is 7.59. The molecule has 3 aromatic carbocycles. The molecule has 4 heterocycles. The molecule has 0 aliphatic carbocycles. The Morgan fingerprint density at radius 1 is 0.583 bits per heavy atom. The Hall–Kier alpha value is -5.03. The lowest BCUT2D eigenvalue weighted by atomic mass is 10.1. The predicted molar refractivity (Wildman–Crippen MR) is 146 cm³/mol. The SMILES string of the molecule is c1ccc(N(c2ccccc2)c2ccc3c(c2)c2nc4ncccc4cc2n3-c2ccncc2)cc1. The molecule has 0 radical (unpaired) electrons. The smallest absolute Gasteiger partial charge is 0.159 e. The number of pyridine rings is 3. The number of rotatable bonds is 4. The van der Waals surface area contributed by atoms with E-state index in [9.17, 15) is 0 Å². The molecule has 0 spiro atoms. The summed E-state index contributed by atoms with van der Waals surface area (Å²) in [6.07, 6.45) is 5.44. The van der Waals surface area contributed by atoms with Crippen LogP contribution >= 0.6 is 0 Å². The van der Waals surface area contributed by atoms with E-state index in [2.05, 4.69) is 98.3 Å². The third kappa shape index (κ3) is 3.29. The Morgan fingerprint density at radius 3 is 2.03 bits per heavy atom. The van der Waals surface area contributed by atoms with Crippen molar-refractivity contribution in [3.8, 4) is 5.69 Å². The van der Waals surface area contributed by atoms with Crippen molar-refractivity contribution in [3.05, 3.63) is 128 Å². The fourth-order valence-electron chi connectivity index (χ4n) is 4.91. The molecular weight excluding hydrogens is 442 g/mol. The Labute approximate surface area is 207 Å². The molecule has 4 aromatic heterocycles. The largest absolute Gasteiger partial charge is 0.310 e. The third-order valence-electron chi connectivity index (χ3n) is 6.49. The Kier molecular flexibility index (Phi) is 4.71. The second-order valence-electron chi connectivity index (χ2n) is 8.66. The fraction of sp³-hybridized carbons (Fsp3) is 0. The summed E-state index contributed by atoms with van der Waals surface area (Å²) in [5, 5.41) is 2.09. The minimum Gasteiger partial charge on any atom is -0.310 e. The highest BCUT2D eigenvalue weighted by atomic mass is 15.1. The van der Waals surface area contributed by atoms with Crippen LogP contribution in [0.2, 0.25) is 0 Å². The number of aromatic nitrogens is 4. The molecule has 0 saturated carbocycles. The lowest BCUT2D eigenvalue weighted by Crippen LogP contribution is -2.09. The van der Waals surface area contributed by atoms with Crippen LogP contribution in [0.5, 0.6) is 0 Å². The Balaban J connectivity index is 1.54. The van der Waals surface area contributed by atoms with Gasteiger partial charge in [0.1, 0.15) is 0 Å². The maximum absolute atomic E-state index is 5.03. The van der Waals surface area contributed by atoms with Crippen LogP contribution < -0.4 is 4.90 Å². The summed E-state index contributed by atoms with van der Waals surface area (Å²) < 4.78 is 2.25. The van der Waals surface area contributed by atoms with Crippen molar-refractivity contribution < 1.29 is 0 Å². The first-order valence-corrected chi connectivity index (χ1v) is 11.9. The van der Waals surface area contributed by atoms with E-state index in [1.54, 1.807) is 6.20 Å². The van der Waals surface area contributed by atoms with Crippen molar-refractivity contribution in [3.63, 3.8) is 0 Å². The van der Waals surface area contributed by atoms with Crippen LogP contribution in [0.1, 0.15) is 0 Å². The number of hydrogen-bond acceptors (Lipinski definition) is 4. The van der Waals surface area contributed by atoms with Crippen LogP contribution in [-0.4, -0.2) is 19.5 Å². The maximum atomic E-state index is 5.03. The summed E-state index contributed by atoms with van der Waals surface area (Å²) in [6, 6.07) is 37.7. The number of hydrogen-bond donors (Lipinski definition) is 0. The first-order chi connectivity index (χ1) is 17.9. The van der Waals surface area contributed by atoms with Crippen LogP contribution in [0.4, 0.5) is 17.1 Å². The van der Waals surface area contributed by atoms with Gasteiger partial charge in [-0.05, 0) is 72.8 Å². The molecule has 36 heavy (non-hydrogen) atoms. The van der Waals surface area contributed by atoms with Crippen molar-refractivity contribution in [2.75, 3.05) is 4.90 Å². The van der Waals surface area contributed by atoms with E-state index in [1.807, 2.05) is 42.7 Å². The lowest BCUT2D eigenvalue weighted by molar-refractivity contribution is 1.15. The molecule has 0 unspecified atom stereocenters. The molecule has 5 heteroatoms. The maximum Gasteiger partial charge on any atom is 0.159 e. The van der Waals surface area contributed by atoms with Crippen molar-refractivity contribution in [2.45, 2.75) is 0 Å². The van der Waals surface area contributed by atoms with Crippen molar-refractivity contribution >= 4 is 50.0 Å². The standard InChI is InChI=1S/C31H21N5/c1-3-9-23(10-4-1)35(24-11-5-2-6-12-24)26-13-14-28-27(21-26)30-29(36(28)25-15-18-32-19-16-25)20-22-8-7-17-33-31(22)34-30/h1-21H. The molecular formula is C31H21N5. The molecule has 0 aliphatic heterocycles. The number of benzene rings is 3. The van der Waals surface area contributed by atoms with Gasteiger partial charge in [0.2, 0.25) is 0 Å². The van der Waals surface area contributed by atoms with Gasteiger partial charge in [0.15, 0.2) is 5.65 Å². The van der Waals surface area contributed by atoms with Gasteiger partial charge in [-0.3, -0.25) is 4.98 Å². The Bertz CT molecular complexity index is 1790. The van der Waals surface area contributed by atoms with Gasteiger partial charge < -0.3 is 9.47 Å². The number of nitrogens with zero attached hydrogens (tertiary/aromatic N) is 5. The second kappa shape index (κ2) is 8.32. The van der Waals surface area contributed by atoms with Crippen LogP contribution in [0.25, 0.3) is 38.7 Å². The second-order valence-corrected chi connectivity index (χ2v) is 8.66. The van der Waals surface area contributed by atoms with E-state index in [4.69, 9.17) is 4.98 Å². The molecule has 0 atom stereocenters. The third-order valence-corrected chi connectivity index (χ3v) is 6.49. The Morgan fingerprint density at radius 2 is 1.31 bits per heavy atom. The summed E-state index contributed by atoms with van der Waals surface area (Å²) >= 11 is 0.